The maximum absolute atomic E-state index is 12.7. The van der Waals surface area contributed by atoms with Crippen LogP contribution in [0.3, 0.4) is 0 Å². The van der Waals surface area contributed by atoms with Crippen LogP contribution in [0, 0.1) is 5.41 Å². The van der Waals surface area contributed by atoms with Crippen LogP contribution >= 0.6 is 0 Å². The molecular formula is C23H28O2. The van der Waals surface area contributed by atoms with Crippen molar-refractivity contribution in [2.75, 3.05) is 0 Å². The van der Waals surface area contributed by atoms with E-state index in [1.807, 2.05) is 27.7 Å². The first kappa shape index (κ1) is 17.7. The van der Waals surface area contributed by atoms with Crippen LogP contribution < -0.4 is 0 Å². The number of fused-ring (bicyclic) bond motifs is 3. The predicted molar refractivity (Wildman–Crippen MR) is 102 cm³/mol. The minimum Gasteiger partial charge on any atom is -0.454 e. The van der Waals surface area contributed by atoms with Gasteiger partial charge in [-0.25, -0.2) is 0 Å². The molecule has 0 saturated carbocycles. The molecule has 1 aliphatic rings. The number of rotatable bonds is 5. The van der Waals surface area contributed by atoms with E-state index in [-0.39, 0.29) is 5.97 Å². The number of carbonyl (C=O) groups excluding carboxylic acids is 1. The Hall–Kier alpha value is -2.09. The minimum atomic E-state index is -0.601. The highest BCUT2D eigenvalue weighted by Crippen LogP contribution is 2.40. The van der Waals surface area contributed by atoms with E-state index in [9.17, 15) is 4.79 Å². The molecule has 0 N–H and O–H groups in total. The summed E-state index contributed by atoms with van der Waals surface area (Å²) >= 11 is 0. The van der Waals surface area contributed by atoms with Gasteiger partial charge in [-0.2, -0.15) is 0 Å². The van der Waals surface area contributed by atoms with Crippen molar-refractivity contribution in [2.24, 2.45) is 5.41 Å². The number of hydrogen-bond acceptors (Lipinski definition) is 2. The van der Waals surface area contributed by atoms with Crippen molar-refractivity contribution >= 4 is 5.97 Å². The van der Waals surface area contributed by atoms with E-state index in [2.05, 4.69) is 49.4 Å². The average Bonchev–Trinajstić information content (AvgIpc) is 2.99. The smallest absolute Gasteiger partial charge is 0.312 e. The second kappa shape index (κ2) is 6.33. The van der Waals surface area contributed by atoms with E-state index in [1.165, 1.54) is 22.3 Å². The molecule has 2 heteroatoms. The van der Waals surface area contributed by atoms with Crippen LogP contribution in [0.25, 0.3) is 11.1 Å². The molecule has 1 atom stereocenters. The van der Waals surface area contributed by atoms with Gasteiger partial charge in [0, 0.05) is 0 Å². The van der Waals surface area contributed by atoms with E-state index in [0.29, 0.717) is 0 Å². The van der Waals surface area contributed by atoms with Gasteiger partial charge in [0.05, 0.1) is 5.41 Å². The summed E-state index contributed by atoms with van der Waals surface area (Å²) < 4.78 is 6.04. The third-order valence-corrected chi connectivity index (χ3v) is 5.84. The molecule has 1 aliphatic carbocycles. The molecule has 0 aliphatic heterocycles. The molecule has 25 heavy (non-hydrogen) atoms. The summed E-state index contributed by atoms with van der Waals surface area (Å²) in [6, 6.07) is 15.1. The molecular weight excluding hydrogens is 308 g/mol. The number of ether oxygens (including phenoxy) is 1. The Morgan fingerprint density at radius 1 is 0.960 bits per heavy atom. The van der Waals surface area contributed by atoms with Crippen LogP contribution in [0.4, 0.5) is 0 Å². The molecule has 0 amide bonds. The molecule has 2 aromatic carbocycles. The van der Waals surface area contributed by atoms with Crippen molar-refractivity contribution < 1.29 is 9.53 Å². The van der Waals surface area contributed by atoms with E-state index in [4.69, 9.17) is 4.74 Å². The van der Waals surface area contributed by atoms with Gasteiger partial charge in [-0.05, 0) is 73.9 Å². The van der Waals surface area contributed by atoms with Gasteiger partial charge in [-0.3, -0.25) is 4.79 Å². The van der Waals surface area contributed by atoms with Crippen LogP contribution in [0.5, 0.6) is 0 Å². The van der Waals surface area contributed by atoms with Gasteiger partial charge in [-0.15, -0.1) is 0 Å². The Balaban J connectivity index is 1.97. The first-order valence-electron chi connectivity index (χ1n) is 9.26. The average molecular weight is 336 g/mol. The van der Waals surface area contributed by atoms with Gasteiger partial charge in [-0.1, -0.05) is 50.2 Å². The van der Waals surface area contributed by atoms with E-state index < -0.39 is 11.0 Å². The third kappa shape index (κ3) is 3.10. The lowest BCUT2D eigenvalue weighted by Gasteiger charge is -2.33. The van der Waals surface area contributed by atoms with Crippen molar-refractivity contribution in [3.05, 3.63) is 59.2 Å². The van der Waals surface area contributed by atoms with Crippen LogP contribution in [-0.4, -0.2) is 5.97 Å². The highest BCUT2D eigenvalue weighted by atomic mass is 16.6. The van der Waals surface area contributed by atoms with Gasteiger partial charge >= 0.3 is 5.97 Å². The molecule has 0 aromatic heterocycles. The Kier molecular flexibility index (Phi) is 4.49. The highest BCUT2D eigenvalue weighted by Gasteiger charge is 2.36. The maximum atomic E-state index is 12.7. The largest absolute Gasteiger partial charge is 0.454 e. The van der Waals surface area contributed by atoms with Crippen LogP contribution in [0.15, 0.2) is 42.5 Å². The summed E-state index contributed by atoms with van der Waals surface area (Å²) in [5, 5.41) is 0. The molecule has 0 fully saturated rings. The summed E-state index contributed by atoms with van der Waals surface area (Å²) in [6.07, 6.45) is 2.50. The van der Waals surface area contributed by atoms with Crippen molar-refractivity contribution in [3.63, 3.8) is 0 Å². The summed E-state index contributed by atoms with van der Waals surface area (Å²) in [5.41, 5.74) is 5.32. The van der Waals surface area contributed by atoms with Crippen LogP contribution in [0.2, 0.25) is 0 Å². The molecule has 0 saturated heterocycles. The molecule has 132 valence electrons. The SMILES string of the molecule is CCC(C)(C)C(=O)OC(C)(CC)c1ccc2c(c1)-c1ccccc1C2. The number of carbonyl (C=O) groups is 1. The van der Waals surface area contributed by atoms with E-state index in [1.54, 1.807) is 0 Å². The molecule has 1 unspecified atom stereocenters. The van der Waals surface area contributed by atoms with Crippen molar-refractivity contribution in [3.8, 4) is 11.1 Å². The van der Waals surface area contributed by atoms with E-state index in [0.717, 1.165) is 24.8 Å². The second-order valence-corrected chi connectivity index (χ2v) is 7.92. The monoisotopic (exact) mass is 336 g/mol. The second-order valence-electron chi connectivity index (χ2n) is 7.92. The molecule has 2 aromatic rings. The summed E-state index contributed by atoms with van der Waals surface area (Å²) in [7, 11) is 0. The van der Waals surface area contributed by atoms with Crippen LogP contribution in [0.1, 0.15) is 64.2 Å². The molecule has 0 bridgehead atoms. The minimum absolute atomic E-state index is 0.125. The Bertz CT molecular complexity index is 803. The van der Waals surface area contributed by atoms with Crippen LogP contribution in [-0.2, 0) is 21.6 Å². The summed E-state index contributed by atoms with van der Waals surface area (Å²) in [5.74, 6) is -0.125. The van der Waals surface area contributed by atoms with Crippen molar-refractivity contribution in [1.82, 2.24) is 0 Å². The first-order valence-corrected chi connectivity index (χ1v) is 9.26. The van der Waals surface area contributed by atoms with Crippen molar-refractivity contribution in [1.29, 1.82) is 0 Å². The normalized spacial score (nSPS) is 15.2. The number of hydrogen-bond donors (Lipinski definition) is 0. The Morgan fingerprint density at radius 3 is 2.32 bits per heavy atom. The zero-order valence-corrected chi connectivity index (χ0v) is 16.0. The van der Waals surface area contributed by atoms with E-state index >= 15 is 0 Å². The van der Waals surface area contributed by atoms with Crippen molar-refractivity contribution in [2.45, 2.75) is 59.5 Å². The maximum Gasteiger partial charge on any atom is 0.312 e. The lowest BCUT2D eigenvalue weighted by atomic mass is 9.87. The van der Waals surface area contributed by atoms with Gasteiger partial charge in [0.2, 0.25) is 0 Å². The quantitative estimate of drug-likeness (QED) is 0.545. The molecule has 0 heterocycles. The fourth-order valence-corrected chi connectivity index (χ4v) is 3.27. The number of benzene rings is 2. The fourth-order valence-electron chi connectivity index (χ4n) is 3.27. The number of esters is 1. The molecule has 2 nitrogen and oxygen atoms in total. The van der Waals surface area contributed by atoms with Gasteiger partial charge in [0.25, 0.3) is 0 Å². The zero-order chi connectivity index (χ0) is 18.2. The summed E-state index contributed by atoms with van der Waals surface area (Å²) in [6.45, 7) is 10.0. The Labute approximate surface area is 151 Å². The lowest BCUT2D eigenvalue weighted by molar-refractivity contribution is -0.170. The van der Waals surface area contributed by atoms with Gasteiger partial charge in [0.1, 0.15) is 5.60 Å². The summed E-state index contributed by atoms with van der Waals surface area (Å²) in [4.78, 5) is 12.7. The third-order valence-electron chi connectivity index (χ3n) is 5.84. The lowest BCUT2D eigenvalue weighted by Crippen LogP contribution is -2.35. The Morgan fingerprint density at radius 2 is 1.64 bits per heavy atom. The van der Waals surface area contributed by atoms with Gasteiger partial charge in [0.15, 0.2) is 0 Å². The highest BCUT2D eigenvalue weighted by molar-refractivity contribution is 5.78. The van der Waals surface area contributed by atoms with Gasteiger partial charge < -0.3 is 4.74 Å². The zero-order valence-electron chi connectivity index (χ0n) is 16.0. The molecule has 0 spiro atoms. The first-order chi connectivity index (χ1) is 11.8. The molecule has 0 radical (unpaired) electrons. The predicted octanol–water partition coefficient (Wildman–Crippen LogP) is 5.86. The standard InChI is InChI=1S/C23H28O2/c1-6-22(3,4)21(24)25-23(5,7-2)18-13-12-17-14-16-10-8-9-11-19(16)20(17)15-18/h8-13,15H,6-7,14H2,1-5H3. The topological polar surface area (TPSA) is 26.3 Å². The molecule has 3 rings (SSSR count). The fraction of sp³-hybridized carbons (Fsp3) is 0.435.